The number of hydrogen-bond donors (Lipinski definition) is 2. The summed E-state index contributed by atoms with van der Waals surface area (Å²) in [6.07, 6.45) is 2.84. The average Bonchev–Trinajstić information content (AvgIpc) is 3.61. The molecule has 42 heavy (non-hydrogen) atoms. The van der Waals surface area contributed by atoms with E-state index in [4.69, 9.17) is 4.42 Å². The van der Waals surface area contributed by atoms with Crippen LogP contribution in [-0.2, 0) is 14.4 Å². The Kier molecular flexibility index (Phi) is 8.25. The molecule has 1 aliphatic rings. The Morgan fingerprint density at radius 1 is 0.952 bits per heavy atom. The van der Waals surface area contributed by atoms with Crippen LogP contribution in [0.15, 0.2) is 112 Å². The van der Waals surface area contributed by atoms with E-state index in [-0.39, 0.29) is 23.5 Å². The van der Waals surface area contributed by atoms with E-state index in [0.717, 1.165) is 4.90 Å². The van der Waals surface area contributed by atoms with Gasteiger partial charge in [0.2, 0.25) is 11.8 Å². The quantitative estimate of drug-likeness (QED) is 0.121. The molecule has 0 saturated carbocycles. The maximum absolute atomic E-state index is 13.1. The van der Waals surface area contributed by atoms with Crippen molar-refractivity contribution in [1.29, 1.82) is 0 Å². The van der Waals surface area contributed by atoms with Crippen LogP contribution in [0.4, 0.5) is 17.1 Å². The summed E-state index contributed by atoms with van der Waals surface area (Å²) in [6.45, 7) is 0. The van der Waals surface area contributed by atoms with Crippen molar-refractivity contribution in [3.63, 3.8) is 0 Å². The number of nitrogens with one attached hydrogen (secondary N) is 2. The summed E-state index contributed by atoms with van der Waals surface area (Å²) in [4.78, 5) is 63.5. The van der Waals surface area contributed by atoms with E-state index in [0.29, 0.717) is 21.9 Å². The molecule has 1 fully saturated rings. The van der Waals surface area contributed by atoms with Crippen LogP contribution in [0.3, 0.4) is 0 Å². The van der Waals surface area contributed by atoms with Gasteiger partial charge in [0.05, 0.1) is 22.1 Å². The molecule has 0 aliphatic carbocycles. The molecule has 210 valence electrons. The van der Waals surface area contributed by atoms with Gasteiger partial charge in [0.25, 0.3) is 17.5 Å². The molecule has 1 atom stereocenters. The molecule has 2 heterocycles. The predicted octanol–water partition coefficient (Wildman–Crippen LogP) is 5.02. The average molecular weight is 583 g/mol. The van der Waals surface area contributed by atoms with Gasteiger partial charge in [0.1, 0.15) is 11.5 Å². The molecule has 0 spiro atoms. The van der Waals surface area contributed by atoms with Crippen LogP contribution in [0.5, 0.6) is 0 Å². The van der Waals surface area contributed by atoms with Crippen molar-refractivity contribution in [2.75, 3.05) is 10.2 Å². The number of furan rings is 1. The van der Waals surface area contributed by atoms with Gasteiger partial charge in [0.15, 0.2) is 0 Å². The number of nitro benzene ring substituents is 1. The lowest BCUT2D eigenvalue weighted by Crippen LogP contribution is -2.31. The lowest BCUT2D eigenvalue weighted by molar-refractivity contribution is -0.384. The number of nitrogens with zero attached hydrogens (tertiary/aromatic N) is 2. The Balaban J connectivity index is 1.24. The number of nitro groups is 1. The van der Waals surface area contributed by atoms with Gasteiger partial charge in [0, 0.05) is 40.8 Å². The van der Waals surface area contributed by atoms with Crippen LogP contribution >= 0.6 is 11.8 Å². The van der Waals surface area contributed by atoms with Crippen LogP contribution in [0.25, 0.3) is 6.08 Å². The summed E-state index contributed by atoms with van der Waals surface area (Å²) in [5.41, 5.74) is 0.917. The molecule has 1 unspecified atom stereocenters. The summed E-state index contributed by atoms with van der Waals surface area (Å²) in [7, 11) is 0. The zero-order valence-electron chi connectivity index (χ0n) is 21.8. The van der Waals surface area contributed by atoms with Crippen LogP contribution < -0.4 is 15.5 Å². The summed E-state index contributed by atoms with van der Waals surface area (Å²) in [5.74, 6) is -1.49. The smallest absolute Gasteiger partial charge is 0.272 e. The second kappa shape index (κ2) is 12.4. The molecule has 1 saturated heterocycles. The molecular formula is C30H22N4O7S. The topological polar surface area (TPSA) is 152 Å². The van der Waals surface area contributed by atoms with E-state index >= 15 is 0 Å². The van der Waals surface area contributed by atoms with E-state index in [1.165, 1.54) is 48.4 Å². The maximum atomic E-state index is 13.1. The van der Waals surface area contributed by atoms with Gasteiger partial charge in [-0.2, -0.15) is 0 Å². The van der Waals surface area contributed by atoms with Crippen molar-refractivity contribution < 1.29 is 28.5 Å². The zero-order chi connectivity index (χ0) is 29.6. The highest BCUT2D eigenvalue weighted by atomic mass is 32.2. The third-order valence-corrected chi connectivity index (χ3v) is 7.37. The van der Waals surface area contributed by atoms with Gasteiger partial charge < -0.3 is 15.1 Å². The van der Waals surface area contributed by atoms with Crippen LogP contribution in [0.2, 0.25) is 0 Å². The third-order valence-electron chi connectivity index (χ3n) is 6.17. The second-order valence-electron chi connectivity index (χ2n) is 9.02. The monoisotopic (exact) mass is 582 g/mol. The number of carbonyl (C=O) groups excluding carboxylic acids is 4. The molecule has 0 bridgehead atoms. The first-order valence-electron chi connectivity index (χ1n) is 12.6. The molecule has 2 N–H and O–H groups in total. The molecule has 3 aromatic carbocycles. The van der Waals surface area contributed by atoms with Crippen molar-refractivity contribution in [2.45, 2.75) is 16.6 Å². The molecule has 11 nitrogen and oxygen atoms in total. The van der Waals surface area contributed by atoms with Gasteiger partial charge in [-0.05, 0) is 60.7 Å². The molecular weight excluding hydrogens is 560 g/mol. The van der Waals surface area contributed by atoms with E-state index < -0.39 is 33.8 Å². The van der Waals surface area contributed by atoms with E-state index in [1.54, 1.807) is 66.7 Å². The second-order valence-corrected chi connectivity index (χ2v) is 10.3. The fourth-order valence-electron chi connectivity index (χ4n) is 4.13. The first-order chi connectivity index (χ1) is 20.3. The summed E-state index contributed by atoms with van der Waals surface area (Å²) >= 11 is 1.20. The zero-order valence-corrected chi connectivity index (χ0v) is 22.6. The molecule has 1 aliphatic heterocycles. The van der Waals surface area contributed by atoms with Crippen LogP contribution in [0, 0.1) is 10.1 Å². The minimum atomic E-state index is -0.677. The molecule has 0 radical (unpaired) electrons. The highest BCUT2D eigenvalue weighted by Gasteiger charge is 2.40. The minimum Gasteiger partial charge on any atom is -0.465 e. The summed E-state index contributed by atoms with van der Waals surface area (Å²) in [5, 5.41) is 15.6. The SMILES string of the molecule is O=C(Nc1ccc(SC2CC(=O)N(c3ccc([N+](=O)[O-])cc3)C2=O)cc1)/C(=C/c1ccco1)NC(=O)c1ccccc1. The lowest BCUT2D eigenvalue weighted by Gasteiger charge is -2.15. The number of hydrogen-bond acceptors (Lipinski definition) is 8. The fourth-order valence-corrected chi connectivity index (χ4v) is 5.18. The van der Waals surface area contributed by atoms with E-state index in [1.807, 2.05) is 0 Å². The Morgan fingerprint density at radius 3 is 2.31 bits per heavy atom. The first-order valence-corrected chi connectivity index (χ1v) is 13.5. The van der Waals surface area contributed by atoms with Crippen molar-refractivity contribution >= 4 is 58.5 Å². The summed E-state index contributed by atoms with van der Waals surface area (Å²) < 4.78 is 5.30. The van der Waals surface area contributed by atoms with Crippen molar-refractivity contribution in [3.05, 3.63) is 124 Å². The predicted molar refractivity (Wildman–Crippen MR) is 156 cm³/mol. The number of anilines is 2. The number of amides is 4. The number of rotatable bonds is 9. The highest BCUT2D eigenvalue weighted by Crippen LogP contribution is 2.35. The summed E-state index contributed by atoms with van der Waals surface area (Å²) in [6, 6.07) is 23.7. The first kappa shape index (κ1) is 28.1. The fraction of sp³-hybridized carbons (Fsp3) is 0.0667. The van der Waals surface area contributed by atoms with E-state index in [9.17, 15) is 29.3 Å². The Bertz CT molecular complexity index is 1670. The third kappa shape index (κ3) is 6.45. The lowest BCUT2D eigenvalue weighted by atomic mass is 10.2. The normalized spacial score (nSPS) is 15.0. The van der Waals surface area contributed by atoms with Gasteiger partial charge in [-0.3, -0.25) is 29.3 Å². The van der Waals surface area contributed by atoms with Crippen LogP contribution in [0.1, 0.15) is 22.5 Å². The minimum absolute atomic E-state index is 0.0268. The van der Waals surface area contributed by atoms with Gasteiger partial charge >= 0.3 is 0 Å². The molecule has 12 heteroatoms. The van der Waals surface area contributed by atoms with Crippen molar-refractivity contribution in [2.24, 2.45) is 0 Å². The van der Waals surface area contributed by atoms with Crippen molar-refractivity contribution in [3.8, 4) is 0 Å². The van der Waals surface area contributed by atoms with Crippen molar-refractivity contribution in [1.82, 2.24) is 5.32 Å². The number of thioether (sulfide) groups is 1. The molecule has 4 amide bonds. The Hall–Kier alpha value is -5.49. The Morgan fingerprint density at radius 2 is 1.67 bits per heavy atom. The number of non-ortho nitro benzene ring substituents is 1. The maximum Gasteiger partial charge on any atom is 0.272 e. The largest absolute Gasteiger partial charge is 0.465 e. The molecule has 1 aromatic heterocycles. The molecule has 4 aromatic rings. The van der Waals surface area contributed by atoms with Gasteiger partial charge in [-0.15, -0.1) is 11.8 Å². The van der Waals surface area contributed by atoms with Crippen LogP contribution in [-0.4, -0.2) is 33.8 Å². The standard InChI is InChI=1S/C30H22N4O7S/c35-27-18-26(30(38)33(27)21-10-12-22(13-11-21)34(39)40)42-24-14-8-20(9-15-24)31-29(37)25(17-23-7-4-16-41-23)32-28(36)19-5-2-1-3-6-19/h1-17,26H,18H2,(H,31,37)(H,32,36)/b25-17-. The number of carbonyl (C=O) groups is 4. The highest BCUT2D eigenvalue weighted by molar-refractivity contribution is 8.00. The number of imide groups is 1. The number of benzene rings is 3. The molecule has 5 rings (SSSR count). The Labute approximate surface area is 243 Å². The van der Waals surface area contributed by atoms with Gasteiger partial charge in [-0.25, -0.2) is 4.90 Å². The van der Waals surface area contributed by atoms with Gasteiger partial charge in [-0.1, -0.05) is 18.2 Å². The van der Waals surface area contributed by atoms with E-state index in [2.05, 4.69) is 10.6 Å².